The molecule has 0 bridgehead atoms. The molecule has 1 atom stereocenters. The highest BCUT2D eigenvalue weighted by molar-refractivity contribution is 5.78. The van der Waals surface area contributed by atoms with E-state index in [2.05, 4.69) is 31.0 Å². The van der Waals surface area contributed by atoms with Crippen LogP contribution in [0.5, 0.6) is 0 Å². The maximum atomic E-state index is 11.7. The number of likely N-dealkylation sites (N-methyl/N-ethyl adjacent to an activating group) is 1. The smallest absolute Gasteiger partial charge is 0.236 e. The van der Waals surface area contributed by atoms with Crippen LogP contribution in [-0.2, 0) is 9.59 Å². The molecule has 154 valence electrons. The molecule has 2 heterocycles. The van der Waals surface area contributed by atoms with Crippen molar-refractivity contribution in [3.8, 4) is 0 Å². The quantitative estimate of drug-likeness (QED) is 0.822. The molecule has 0 radical (unpaired) electrons. The normalized spacial score (nSPS) is 19.9. The van der Waals surface area contributed by atoms with Crippen LogP contribution in [0.2, 0.25) is 0 Å². The summed E-state index contributed by atoms with van der Waals surface area (Å²) in [7, 11) is 1.81. The van der Waals surface area contributed by atoms with E-state index in [0.29, 0.717) is 30.8 Å². The Bertz CT molecular complexity index is 379. The number of hydrogen-bond donors (Lipinski definition) is 1. The highest BCUT2D eigenvalue weighted by Gasteiger charge is 2.23. The summed E-state index contributed by atoms with van der Waals surface area (Å²) in [5.41, 5.74) is 0. The second-order valence-corrected chi connectivity index (χ2v) is 7.50. The van der Waals surface area contributed by atoms with Crippen molar-refractivity contribution in [3.05, 3.63) is 0 Å². The molecule has 0 saturated carbocycles. The van der Waals surface area contributed by atoms with Gasteiger partial charge in [-0.25, -0.2) is 0 Å². The standard InChI is InChI=1S/C11H21NO.C8H16N2O.C2H6/c1-9(2)8-11(13)12-7-5-4-6-10(12)3;1-9-7-8(11)10-5-3-2-4-6-10;1-2/h9-10H,4-8H2,1-3H3;9H,2-7H2,1H3;1-2H3/t10-;;/m1../s1. The predicted octanol–water partition coefficient (Wildman–Crippen LogP) is 3.68. The first kappa shape index (κ1) is 24.9. The van der Waals surface area contributed by atoms with E-state index in [1.807, 2.05) is 25.8 Å². The summed E-state index contributed by atoms with van der Waals surface area (Å²) < 4.78 is 0. The SMILES string of the molecule is CC.CC(C)CC(=O)N1CCCC[C@H]1C.CNCC(=O)N1CCCCC1. The fraction of sp³-hybridized carbons (Fsp3) is 0.905. The Hall–Kier alpha value is -1.10. The molecule has 0 spiro atoms. The average Bonchev–Trinajstić information content (AvgIpc) is 2.64. The van der Waals surface area contributed by atoms with Gasteiger partial charge in [-0.2, -0.15) is 0 Å². The van der Waals surface area contributed by atoms with Crippen molar-refractivity contribution in [2.24, 2.45) is 5.92 Å². The lowest BCUT2D eigenvalue weighted by Crippen LogP contribution is -2.42. The molecule has 2 rings (SSSR count). The molecular formula is C21H43N3O2. The predicted molar refractivity (Wildman–Crippen MR) is 110 cm³/mol. The van der Waals surface area contributed by atoms with E-state index >= 15 is 0 Å². The lowest BCUT2D eigenvalue weighted by molar-refractivity contribution is -0.135. The average molecular weight is 370 g/mol. The van der Waals surface area contributed by atoms with Gasteiger partial charge in [0.1, 0.15) is 0 Å². The maximum Gasteiger partial charge on any atom is 0.236 e. The van der Waals surface area contributed by atoms with E-state index in [1.165, 1.54) is 38.5 Å². The Labute approximate surface area is 161 Å². The summed E-state index contributed by atoms with van der Waals surface area (Å²) in [6.45, 7) is 13.8. The fourth-order valence-corrected chi connectivity index (χ4v) is 3.34. The van der Waals surface area contributed by atoms with Gasteiger partial charge in [-0.05, 0) is 58.4 Å². The van der Waals surface area contributed by atoms with Crippen LogP contribution in [0.4, 0.5) is 0 Å². The number of rotatable bonds is 4. The van der Waals surface area contributed by atoms with Crippen LogP contribution in [0.15, 0.2) is 0 Å². The number of hydrogen-bond acceptors (Lipinski definition) is 3. The number of nitrogens with one attached hydrogen (secondary N) is 1. The van der Waals surface area contributed by atoms with Gasteiger partial charge in [0, 0.05) is 32.1 Å². The molecule has 1 N–H and O–H groups in total. The van der Waals surface area contributed by atoms with Gasteiger partial charge in [-0.1, -0.05) is 27.7 Å². The zero-order valence-electron chi connectivity index (χ0n) is 18.1. The van der Waals surface area contributed by atoms with Crippen LogP contribution in [0, 0.1) is 5.92 Å². The van der Waals surface area contributed by atoms with Gasteiger partial charge in [-0.3, -0.25) is 9.59 Å². The van der Waals surface area contributed by atoms with Crippen molar-refractivity contribution in [3.63, 3.8) is 0 Å². The molecule has 0 unspecified atom stereocenters. The van der Waals surface area contributed by atoms with Crippen molar-refractivity contribution in [1.82, 2.24) is 15.1 Å². The Morgan fingerprint density at radius 3 is 2.04 bits per heavy atom. The Kier molecular flexibility index (Phi) is 14.4. The van der Waals surface area contributed by atoms with Crippen LogP contribution in [0.1, 0.15) is 79.6 Å². The third kappa shape index (κ3) is 10.1. The number of piperidine rings is 2. The van der Waals surface area contributed by atoms with E-state index in [9.17, 15) is 9.59 Å². The molecule has 2 fully saturated rings. The molecule has 0 aromatic carbocycles. The van der Waals surface area contributed by atoms with Gasteiger partial charge < -0.3 is 15.1 Å². The summed E-state index contributed by atoms with van der Waals surface area (Å²) in [4.78, 5) is 27.0. The molecule has 2 aliphatic heterocycles. The number of amides is 2. The van der Waals surface area contributed by atoms with E-state index in [0.717, 1.165) is 19.6 Å². The number of carbonyl (C=O) groups is 2. The minimum Gasteiger partial charge on any atom is -0.342 e. The maximum absolute atomic E-state index is 11.7. The highest BCUT2D eigenvalue weighted by Crippen LogP contribution is 2.18. The van der Waals surface area contributed by atoms with Crippen molar-refractivity contribution in [2.75, 3.05) is 33.2 Å². The Morgan fingerprint density at radius 2 is 1.54 bits per heavy atom. The van der Waals surface area contributed by atoms with E-state index in [1.54, 1.807) is 0 Å². The number of likely N-dealkylation sites (tertiary alicyclic amines) is 2. The minimum absolute atomic E-state index is 0.243. The summed E-state index contributed by atoms with van der Waals surface area (Å²) in [6, 6.07) is 0.472. The van der Waals surface area contributed by atoms with Crippen molar-refractivity contribution in [2.45, 2.75) is 85.6 Å². The van der Waals surface area contributed by atoms with Crippen LogP contribution >= 0.6 is 0 Å². The van der Waals surface area contributed by atoms with Gasteiger partial charge in [0.2, 0.25) is 11.8 Å². The topological polar surface area (TPSA) is 52.7 Å². The minimum atomic E-state index is 0.243. The summed E-state index contributed by atoms with van der Waals surface area (Å²) in [5.74, 6) is 1.08. The van der Waals surface area contributed by atoms with Crippen molar-refractivity contribution < 1.29 is 9.59 Å². The highest BCUT2D eigenvalue weighted by atomic mass is 16.2. The zero-order chi connectivity index (χ0) is 19.9. The summed E-state index contributed by atoms with van der Waals surface area (Å²) in [6.07, 6.45) is 8.00. The molecular weight excluding hydrogens is 326 g/mol. The first-order valence-corrected chi connectivity index (χ1v) is 10.7. The molecule has 0 aromatic rings. The largest absolute Gasteiger partial charge is 0.342 e. The Morgan fingerprint density at radius 1 is 0.962 bits per heavy atom. The molecule has 5 nitrogen and oxygen atoms in total. The van der Waals surface area contributed by atoms with E-state index < -0.39 is 0 Å². The van der Waals surface area contributed by atoms with Gasteiger partial charge >= 0.3 is 0 Å². The number of carbonyl (C=O) groups excluding carboxylic acids is 2. The van der Waals surface area contributed by atoms with E-state index in [-0.39, 0.29) is 5.91 Å². The van der Waals surface area contributed by atoms with Gasteiger partial charge in [0.25, 0.3) is 0 Å². The summed E-state index contributed by atoms with van der Waals surface area (Å²) >= 11 is 0. The van der Waals surface area contributed by atoms with Crippen molar-refractivity contribution >= 4 is 11.8 Å². The number of nitrogens with zero attached hydrogens (tertiary/aromatic N) is 2. The second-order valence-electron chi connectivity index (χ2n) is 7.50. The zero-order valence-corrected chi connectivity index (χ0v) is 18.1. The van der Waals surface area contributed by atoms with Crippen LogP contribution in [0.3, 0.4) is 0 Å². The van der Waals surface area contributed by atoms with E-state index in [4.69, 9.17) is 0 Å². The molecule has 2 saturated heterocycles. The molecule has 5 heteroatoms. The summed E-state index contributed by atoms with van der Waals surface area (Å²) in [5, 5.41) is 2.87. The van der Waals surface area contributed by atoms with Crippen LogP contribution in [0.25, 0.3) is 0 Å². The third-order valence-corrected chi connectivity index (χ3v) is 4.74. The van der Waals surface area contributed by atoms with Gasteiger partial charge in [-0.15, -0.1) is 0 Å². The fourth-order valence-electron chi connectivity index (χ4n) is 3.34. The first-order valence-electron chi connectivity index (χ1n) is 10.7. The Balaban J connectivity index is 0.000000444. The molecule has 0 aliphatic carbocycles. The lowest BCUT2D eigenvalue weighted by atomic mass is 10.0. The first-order chi connectivity index (χ1) is 12.5. The molecule has 26 heavy (non-hydrogen) atoms. The lowest BCUT2D eigenvalue weighted by Gasteiger charge is -2.33. The molecule has 2 amide bonds. The van der Waals surface area contributed by atoms with Gasteiger partial charge in [0.05, 0.1) is 6.54 Å². The van der Waals surface area contributed by atoms with Gasteiger partial charge in [0.15, 0.2) is 0 Å². The third-order valence-electron chi connectivity index (χ3n) is 4.74. The molecule has 2 aliphatic rings. The van der Waals surface area contributed by atoms with Crippen LogP contribution < -0.4 is 5.32 Å². The van der Waals surface area contributed by atoms with Crippen molar-refractivity contribution in [1.29, 1.82) is 0 Å². The monoisotopic (exact) mass is 369 g/mol. The van der Waals surface area contributed by atoms with Crippen LogP contribution in [-0.4, -0.2) is 60.9 Å². The molecule has 0 aromatic heterocycles. The second kappa shape index (κ2) is 15.0.